The number of nitrogens with two attached hydrogens (primary N) is 2. The minimum atomic E-state index is -0.849. The Kier molecular flexibility index (Phi) is 5.62. The fraction of sp³-hybridized carbons (Fsp3) is 0.500. The molecule has 23 heavy (non-hydrogen) atoms. The van der Waals surface area contributed by atoms with E-state index in [0.717, 1.165) is 17.5 Å². The van der Waals surface area contributed by atoms with Crippen LogP contribution in [-0.2, 0) is 22.7 Å². The van der Waals surface area contributed by atoms with Gasteiger partial charge >= 0.3 is 0 Å². The molecule has 0 aliphatic carbocycles. The van der Waals surface area contributed by atoms with Gasteiger partial charge in [0.05, 0.1) is 6.54 Å². The number of carbonyl (C=O) groups excluding carboxylic acids is 2. The summed E-state index contributed by atoms with van der Waals surface area (Å²) in [5.74, 6) is -0.384. The molecule has 6 nitrogen and oxygen atoms in total. The van der Waals surface area contributed by atoms with E-state index in [1.165, 1.54) is 0 Å². The predicted molar refractivity (Wildman–Crippen MR) is 89.6 cm³/mol. The smallest absolute Gasteiger partial charge is 0.245 e. The summed E-state index contributed by atoms with van der Waals surface area (Å²) in [6, 6.07) is 5.42. The van der Waals surface area contributed by atoms with Gasteiger partial charge in [-0.3, -0.25) is 9.59 Å². The summed E-state index contributed by atoms with van der Waals surface area (Å²) in [7, 11) is 0. The van der Waals surface area contributed by atoms with Crippen LogP contribution >= 0.6 is 11.6 Å². The van der Waals surface area contributed by atoms with Crippen molar-refractivity contribution in [2.24, 2.45) is 11.5 Å². The van der Waals surface area contributed by atoms with E-state index in [-0.39, 0.29) is 18.4 Å². The van der Waals surface area contributed by atoms with Crippen LogP contribution in [0.2, 0.25) is 5.02 Å². The fourth-order valence-electron chi connectivity index (χ4n) is 3.03. The first-order valence-corrected chi connectivity index (χ1v) is 8.06. The first-order chi connectivity index (χ1) is 10.9. The molecule has 0 unspecified atom stereocenters. The van der Waals surface area contributed by atoms with Gasteiger partial charge in [-0.15, -0.1) is 0 Å². The third-order valence-corrected chi connectivity index (χ3v) is 4.67. The zero-order valence-corrected chi connectivity index (χ0v) is 14.0. The van der Waals surface area contributed by atoms with Crippen molar-refractivity contribution in [3.8, 4) is 0 Å². The van der Waals surface area contributed by atoms with E-state index < -0.39 is 5.54 Å². The number of benzene rings is 1. The highest BCUT2D eigenvalue weighted by Gasteiger charge is 2.45. The van der Waals surface area contributed by atoms with Crippen LogP contribution in [0.4, 0.5) is 0 Å². The number of nitrogens with one attached hydrogen (secondary N) is 1. The predicted octanol–water partition coefficient (Wildman–Crippen LogP) is 0.755. The van der Waals surface area contributed by atoms with Crippen LogP contribution in [0.1, 0.15) is 30.9 Å². The highest BCUT2D eigenvalue weighted by Crippen LogP contribution is 2.29. The van der Waals surface area contributed by atoms with E-state index in [1.54, 1.807) is 24.0 Å². The molecule has 126 valence electrons. The molecule has 1 aromatic rings. The van der Waals surface area contributed by atoms with E-state index in [1.807, 2.05) is 6.07 Å². The summed E-state index contributed by atoms with van der Waals surface area (Å²) in [5.41, 5.74) is 12.1. The van der Waals surface area contributed by atoms with Crippen molar-refractivity contribution in [3.05, 3.63) is 34.3 Å². The van der Waals surface area contributed by atoms with Gasteiger partial charge in [-0.2, -0.15) is 0 Å². The monoisotopic (exact) mass is 338 g/mol. The third kappa shape index (κ3) is 3.65. The average Bonchev–Trinajstić information content (AvgIpc) is 2.95. The molecule has 1 aliphatic rings. The number of amides is 2. The van der Waals surface area contributed by atoms with E-state index in [9.17, 15) is 9.59 Å². The summed E-state index contributed by atoms with van der Waals surface area (Å²) in [6.45, 7) is 2.95. The number of likely N-dealkylation sites (tertiary alicyclic amines) is 1. The molecule has 5 N–H and O–H groups in total. The number of rotatable bonds is 5. The van der Waals surface area contributed by atoms with Gasteiger partial charge < -0.3 is 21.7 Å². The second-order valence-corrected chi connectivity index (χ2v) is 6.36. The lowest BCUT2D eigenvalue weighted by Gasteiger charge is -2.33. The quantitative estimate of drug-likeness (QED) is 0.737. The average molecular weight is 339 g/mol. The molecule has 1 heterocycles. The second kappa shape index (κ2) is 7.29. The molecule has 1 aromatic carbocycles. The number of halogens is 1. The van der Waals surface area contributed by atoms with E-state index >= 15 is 0 Å². The SMILES string of the molecule is C[C@@]1(C(=O)NCc2cc(Cl)ccc2CN)CCCN1C(=O)CN. The Morgan fingerprint density at radius 1 is 1.35 bits per heavy atom. The molecule has 7 heteroatoms. The molecule has 0 radical (unpaired) electrons. The van der Waals surface area contributed by atoms with Crippen molar-refractivity contribution in [2.45, 2.75) is 38.4 Å². The van der Waals surface area contributed by atoms with E-state index in [2.05, 4.69) is 5.32 Å². The molecule has 2 amide bonds. The molecule has 2 rings (SSSR count). The van der Waals surface area contributed by atoms with Crippen molar-refractivity contribution in [2.75, 3.05) is 13.1 Å². The molecule has 0 spiro atoms. The lowest BCUT2D eigenvalue weighted by atomic mass is 9.97. The maximum Gasteiger partial charge on any atom is 0.245 e. The fourth-order valence-corrected chi connectivity index (χ4v) is 3.23. The van der Waals surface area contributed by atoms with Crippen LogP contribution in [0.3, 0.4) is 0 Å². The number of hydrogen-bond acceptors (Lipinski definition) is 4. The Bertz CT molecular complexity index is 608. The van der Waals surface area contributed by atoms with Gasteiger partial charge in [0.2, 0.25) is 11.8 Å². The molecule has 1 saturated heterocycles. The van der Waals surface area contributed by atoms with Crippen molar-refractivity contribution >= 4 is 23.4 Å². The van der Waals surface area contributed by atoms with Gasteiger partial charge in [-0.05, 0) is 43.0 Å². The standard InChI is InChI=1S/C16H23ClN4O2/c1-16(5-2-6-21(16)14(22)9-19)15(23)20-10-12-7-13(17)4-3-11(12)8-18/h3-4,7H,2,5-6,8-10,18-19H2,1H3,(H,20,23)/t16-/m0/s1. The molecule has 1 aliphatic heterocycles. The van der Waals surface area contributed by atoms with Gasteiger partial charge in [0.1, 0.15) is 5.54 Å². The normalized spacial score (nSPS) is 20.6. The first kappa shape index (κ1) is 17.7. The van der Waals surface area contributed by atoms with E-state index in [0.29, 0.717) is 31.1 Å². The summed E-state index contributed by atoms with van der Waals surface area (Å²) >= 11 is 6.01. The molecule has 0 saturated carbocycles. The maximum absolute atomic E-state index is 12.6. The Morgan fingerprint density at radius 3 is 2.74 bits per heavy atom. The maximum atomic E-state index is 12.6. The minimum Gasteiger partial charge on any atom is -0.350 e. The molecular formula is C16H23ClN4O2. The summed E-state index contributed by atoms with van der Waals surface area (Å²) < 4.78 is 0. The lowest BCUT2D eigenvalue weighted by Crippen LogP contribution is -2.56. The number of nitrogens with zero attached hydrogens (tertiary/aromatic N) is 1. The molecular weight excluding hydrogens is 316 g/mol. The van der Waals surface area contributed by atoms with Gasteiger partial charge in [0, 0.05) is 24.7 Å². The van der Waals surface area contributed by atoms with Crippen molar-refractivity contribution in [1.29, 1.82) is 0 Å². The Hall–Kier alpha value is -1.63. The zero-order valence-electron chi connectivity index (χ0n) is 13.3. The van der Waals surface area contributed by atoms with Crippen LogP contribution < -0.4 is 16.8 Å². The van der Waals surface area contributed by atoms with Crippen molar-refractivity contribution < 1.29 is 9.59 Å². The third-order valence-electron chi connectivity index (χ3n) is 4.43. The van der Waals surface area contributed by atoms with Gasteiger partial charge in [0.25, 0.3) is 0 Å². The Balaban J connectivity index is 2.10. The van der Waals surface area contributed by atoms with Crippen LogP contribution in [0.25, 0.3) is 0 Å². The molecule has 0 aromatic heterocycles. The first-order valence-electron chi connectivity index (χ1n) is 7.68. The van der Waals surface area contributed by atoms with E-state index in [4.69, 9.17) is 23.1 Å². The van der Waals surface area contributed by atoms with Gasteiger partial charge in [-0.25, -0.2) is 0 Å². The van der Waals surface area contributed by atoms with Gasteiger partial charge in [0.15, 0.2) is 0 Å². The highest BCUT2D eigenvalue weighted by molar-refractivity contribution is 6.30. The van der Waals surface area contributed by atoms with Crippen molar-refractivity contribution in [1.82, 2.24) is 10.2 Å². The van der Waals surface area contributed by atoms with Crippen LogP contribution in [0.5, 0.6) is 0 Å². The summed E-state index contributed by atoms with van der Waals surface area (Å²) in [4.78, 5) is 26.2. The number of hydrogen-bond donors (Lipinski definition) is 3. The summed E-state index contributed by atoms with van der Waals surface area (Å²) in [5, 5.41) is 3.50. The zero-order chi connectivity index (χ0) is 17.0. The van der Waals surface area contributed by atoms with Crippen LogP contribution in [-0.4, -0.2) is 35.3 Å². The number of carbonyl (C=O) groups is 2. The molecule has 1 fully saturated rings. The highest BCUT2D eigenvalue weighted by atomic mass is 35.5. The Labute approximate surface area is 141 Å². The minimum absolute atomic E-state index is 0.0888. The largest absolute Gasteiger partial charge is 0.350 e. The molecule has 1 atom stereocenters. The van der Waals surface area contributed by atoms with Crippen LogP contribution in [0, 0.1) is 0 Å². The second-order valence-electron chi connectivity index (χ2n) is 5.93. The lowest BCUT2D eigenvalue weighted by molar-refractivity contribution is -0.143. The van der Waals surface area contributed by atoms with Crippen LogP contribution in [0.15, 0.2) is 18.2 Å². The van der Waals surface area contributed by atoms with Crippen molar-refractivity contribution in [3.63, 3.8) is 0 Å². The Morgan fingerprint density at radius 2 is 2.09 bits per heavy atom. The summed E-state index contributed by atoms with van der Waals surface area (Å²) in [6.07, 6.45) is 1.42. The topological polar surface area (TPSA) is 101 Å². The molecule has 0 bridgehead atoms. The van der Waals surface area contributed by atoms with Gasteiger partial charge in [-0.1, -0.05) is 17.7 Å².